The molecule has 21 heavy (non-hydrogen) atoms. The minimum atomic E-state index is -0.416. The molecule has 0 N–H and O–H groups in total. The standard InChI is InChI=1S/C15H13N3O3/c1-2-21-14-4-3-9-17-10-13(16-15(14)17)11-5-7-12(8-6-11)18(19)20/h3-10H,2H2,1H3. The number of benzene rings is 1. The van der Waals surface area contributed by atoms with Gasteiger partial charge in [-0.3, -0.25) is 10.1 Å². The van der Waals surface area contributed by atoms with E-state index in [-0.39, 0.29) is 5.69 Å². The number of hydrogen-bond acceptors (Lipinski definition) is 4. The summed E-state index contributed by atoms with van der Waals surface area (Å²) in [7, 11) is 0. The molecule has 0 saturated carbocycles. The Morgan fingerprint density at radius 2 is 2.05 bits per heavy atom. The molecule has 0 radical (unpaired) electrons. The highest BCUT2D eigenvalue weighted by Gasteiger charge is 2.10. The third-order valence-corrected chi connectivity index (χ3v) is 3.12. The van der Waals surface area contributed by atoms with Crippen molar-refractivity contribution in [2.75, 3.05) is 6.61 Å². The predicted molar refractivity (Wildman–Crippen MR) is 78.5 cm³/mol. The van der Waals surface area contributed by atoms with Crippen LogP contribution in [0.2, 0.25) is 0 Å². The summed E-state index contributed by atoms with van der Waals surface area (Å²) in [4.78, 5) is 14.8. The van der Waals surface area contributed by atoms with E-state index in [0.29, 0.717) is 12.4 Å². The molecule has 3 rings (SSSR count). The smallest absolute Gasteiger partial charge is 0.269 e. The molecule has 0 aliphatic rings. The summed E-state index contributed by atoms with van der Waals surface area (Å²) >= 11 is 0. The van der Waals surface area contributed by atoms with E-state index in [4.69, 9.17) is 4.74 Å². The first kappa shape index (κ1) is 13.1. The minimum Gasteiger partial charge on any atom is -0.490 e. The lowest BCUT2D eigenvalue weighted by atomic mass is 10.1. The molecule has 3 aromatic rings. The average molecular weight is 283 g/mol. The minimum absolute atomic E-state index is 0.0671. The Labute approximate surface area is 120 Å². The number of fused-ring (bicyclic) bond motifs is 1. The highest BCUT2D eigenvalue weighted by atomic mass is 16.6. The molecule has 0 unspecified atom stereocenters. The normalized spacial score (nSPS) is 10.7. The van der Waals surface area contributed by atoms with Crippen molar-refractivity contribution in [1.29, 1.82) is 0 Å². The van der Waals surface area contributed by atoms with Gasteiger partial charge in [-0.1, -0.05) is 0 Å². The molecule has 0 amide bonds. The Balaban J connectivity index is 2.04. The number of hydrogen-bond donors (Lipinski definition) is 0. The molecule has 0 spiro atoms. The van der Waals surface area contributed by atoms with Gasteiger partial charge in [0.05, 0.1) is 17.2 Å². The molecule has 0 saturated heterocycles. The van der Waals surface area contributed by atoms with Crippen LogP contribution in [0.1, 0.15) is 6.92 Å². The van der Waals surface area contributed by atoms with Gasteiger partial charge < -0.3 is 9.14 Å². The summed E-state index contributed by atoms with van der Waals surface area (Å²) in [5, 5.41) is 10.7. The Kier molecular flexibility index (Phi) is 3.27. The number of nitrogens with zero attached hydrogens (tertiary/aromatic N) is 3. The molecule has 1 aromatic carbocycles. The third-order valence-electron chi connectivity index (χ3n) is 3.12. The van der Waals surface area contributed by atoms with Crippen molar-refractivity contribution in [3.8, 4) is 17.0 Å². The number of non-ortho nitro benzene ring substituents is 1. The van der Waals surface area contributed by atoms with Crippen LogP contribution >= 0.6 is 0 Å². The first-order valence-electron chi connectivity index (χ1n) is 6.54. The molecule has 2 heterocycles. The van der Waals surface area contributed by atoms with E-state index in [0.717, 1.165) is 16.9 Å². The summed E-state index contributed by atoms with van der Waals surface area (Å²) < 4.78 is 7.42. The number of rotatable bonds is 4. The summed E-state index contributed by atoms with van der Waals surface area (Å²) in [6, 6.07) is 10.1. The number of ether oxygens (including phenoxy) is 1. The first-order valence-corrected chi connectivity index (χ1v) is 6.54. The van der Waals surface area contributed by atoms with Crippen LogP contribution in [0.3, 0.4) is 0 Å². The zero-order valence-electron chi connectivity index (χ0n) is 11.4. The van der Waals surface area contributed by atoms with Gasteiger partial charge in [0.25, 0.3) is 5.69 Å². The fraction of sp³-hybridized carbons (Fsp3) is 0.133. The van der Waals surface area contributed by atoms with Crippen molar-refractivity contribution in [1.82, 2.24) is 9.38 Å². The van der Waals surface area contributed by atoms with Crippen LogP contribution in [-0.2, 0) is 0 Å². The third kappa shape index (κ3) is 2.43. The van der Waals surface area contributed by atoms with Gasteiger partial charge in [-0.15, -0.1) is 0 Å². The lowest BCUT2D eigenvalue weighted by Crippen LogP contribution is -1.94. The van der Waals surface area contributed by atoms with Crippen LogP contribution in [0.5, 0.6) is 5.75 Å². The fourth-order valence-electron chi connectivity index (χ4n) is 2.15. The van der Waals surface area contributed by atoms with E-state index in [2.05, 4.69) is 4.98 Å². The summed E-state index contributed by atoms with van der Waals surface area (Å²) in [5.41, 5.74) is 2.37. The van der Waals surface area contributed by atoms with E-state index < -0.39 is 4.92 Å². The van der Waals surface area contributed by atoms with Crippen LogP contribution in [0.4, 0.5) is 5.69 Å². The molecular formula is C15H13N3O3. The van der Waals surface area contributed by atoms with Crippen molar-refractivity contribution in [2.24, 2.45) is 0 Å². The average Bonchev–Trinajstić information content (AvgIpc) is 2.93. The number of imidazole rings is 1. The van der Waals surface area contributed by atoms with Crippen molar-refractivity contribution in [3.05, 3.63) is 58.9 Å². The number of nitro benzene ring substituents is 1. The Morgan fingerprint density at radius 1 is 1.29 bits per heavy atom. The van der Waals surface area contributed by atoms with Gasteiger partial charge in [-0.05, 0) is 31.2 Å². The van der Waals surface area contributed by atoms with Gasteiger partial charge in [-0.2, -0.15) is 0 Å². The van der Waals surface area contributed by atoms with Gasteiger partial charge in [0.1, 0.15) is 0 Å². The Morgan fingerprint density at radius 3 is 2.71 bits per heavy atom. The van der Waals surface area contributed by atoms with Crippen LogP contribution < -0.4 is 4.74 Å². The molecule has 6 heteroatoms. The quantitative estimate of drug-likeness (QED) is 0.544. The van der Waals surface area contributed by atoms with E-state index >= 15 is 0 Å². The van der Waals surface area contributed by atoms with Crippen LogP contribution in [0, 0.1) is 10.1 Å². The monoisotopic (exact) mass is 283 g/mol. The highest BCUT2D eigenvalue weighted by Crippen LogP contribution is 2.25. The first-order chi connectivity index (χ1) is 10.2. The number of pyridine rings is 1. The van der Waals surface area contributed by atoms with E-state index in [1.54, 1.807) is 12.1 Å². The van der Waals surface area contributed by atoms with E-state index in [1.807, 2.05) is 35.9 Å². The topological polar surface area (TPSA) is 69.7 Å². The number of aromatic nitrogens is 2. The van der Waals surface area contributed by atoms with Crippen molar-refractivity contribution in [2.45, 2.75) is 6.92 Å². The van der Waals surface area contributed by atoms with Crippen molar-refractivity contribution < 1.29 is 9.66 Å². The number of nitro groups is 1. The summed E-state index contributed by atoms with van der Waals surface area (Å²) in [6.45, 7) is 2.49. The maximum absolute atomic E-state index is 10.7. The molecule has 0 bridgehead atoms. The zero-order chi connectivity index (χ0) is 14.8. The van der Waals surface area contributed by atoms with Crippen LogP contribution in [0.15, 0.2) is 48.8 Å². The molecule has 0 aliphatic carbocycles. The van der Waals surface area contributed by atoms with Gasteiger partial charge in [0.15, 0.2) is 11.4 Å². The van der Waals surface area contributed by atoms with Gasteiger partial charge >= 0.3 is 0 Å². The molecule has 106 valence electrons. The maximum atomic E-state index is 10.7. The molecule has 2 aromatic heterocycles. The Hall–Kier alpha value is -2.89. The zero-order valence-corrected chi connectivity index (χ0v) is 11.4. The second kappa shape index (κ2) is 5.24. The fourth-order valence-corrected chi connectivity index (χ4v) is 2.15. The summed E-state index contributed by atoms with van der Waals surface area (Å²) in [6.07, 6.45) is 3.76. The largest absolute Gasteiger partial charge is 0.490 e. The van der Waals surface area contributed by atoms with Crippen LogP contribution in [-0.4, -0.2) is 20.9 Å². The molecule has 0 atom stereocenters. The summed E-state index contributed by atoms with van der Waals surface area (Å²) in [5.74, 6) is 0.716. The Bertz CT molecular complexity index is 794. The highest BCUT2D eigenvalue weighted by molar-refractivity contribution is 5.66. The lowest BCUT2D eigenvalue weighted by Gasteiger charge is -2.03. The van der Waals surface area contributed by atoms with E-state index in [9.17, 15) is 10.1 Å². The second-order valence-corrected chi connectivity index (χ2v) is 4.47. The molecular weight excluding hydrogens is 270 g/mol. The van der Waals surface area contributed by atoms with Crippen molar-refractivity contribution >= 4 is 11.3 Å². The van der Waals surface area contributed by atoms with Gasteiger partial charge in [0.2, 0.25) is 0 Å². The van der Waals surface area contributed by atoms with Crippen LogP contribution in [0.25, 0.3) is 16.9 Å². The van der Waals surface area contributed by atoms with Gasteiger partial charge in [-0.25, -0.2) is 4.98 Å². The predicted octanol–water partition coefficient (Wildman–Crippen LogP) is 3.31. The van der Waals surface area contributed by atoms with Gasteiger partial charge in [0, 0.05) is 30.1 Å². The van der Waals surface area contributed by atoms with E-state index in [1.165, 1.54) is 12.1 Å². The van der Waals surface area contributed by atoms with Crippen molar-refractivity contribution in [3.63, 3.8) is 0 Å². The molecule has 6 nitrogen and oxygen atoms in total. The molecule has 0 aliphatic heterocycles. The second-order valence-electron chi connectivity index (χ2n) is 4.47. The SMILES string of the molecule is CCOc1cccn2cc(-c3ccc([N+](=O)[O-])cc3)nc12. The molecule has 0 fully saturated rings. The lowest BCUT2D eigenvalue weighted by molar-refractivity contribution is -0.384. The maximum Gasteiger partial charge on any atom is 0.269 e.